The Bertz CT molecular complexity index is 1480. The number of aryl methyl sites for hydroxylation is 2. The van der Waals surface area contributed by atoms with Crippen molar-refractivity contribution in [3.63, 3.8) is 0 Å². The first-order valence-corrected chi connectivity index (χ1v) is 14.2. The average molecular weight is 556 g/mol. The Morgan fingerprint density at radius 2 is 1.52 bits per heavy atom. The van der Waals surface area contributed by atoms with Crippen molar-refractivity contribution >= 4 is 45.9 Å². The summed E-state index contributed by atoms with van der Waals surface area (Å²) in [5.41, 5.74) is 6.63. The van der Waals surface area contributed by atoms with Crippen LogP contribution >= 0.6 is 11.8 Å². The first kappa shape index (κ1) is 27.3. The molecule has 3 amide bonds. The number of rotatable bonds is 6. The van der Waals surface area contributed by atoms with E-state index < -0.39 is 0 Å². The lowest BCUT2D eigenvalue weighted by Crippen LogP contribution is -2.43. The number of aliphatic imine (C=N–C) groups is 1. The number of fused-ring (bicyclic) bond motifs is 1. The van der Waals surface area contributed by atoms with Crippen LogP contribution in [0.4, 0.5) is 21.9 Å². The van der Waals surface area contributed by atoms with Gasteiger partial charge < -0.3 is 25.6 Å². The third-order valence-corrected chi connectivity index (χ3v) is 8.18. The quantitative estimate of drug-likeness (QED) is 0.314. The third-order valence-electron chi connectivity index (χ3n) is 7.10. The zero-order chi connectivity index (χ0) is 28.2. The minimum absolute atomic E-state index is 0.194. The molecule has 0 saturated carbocycles. The van der Waals surface area contributed by atoms with Crippen molar-refractivity contribution in [2.24, 2.45) is 4.99 Å². The largest absolute Gasteiger partial charge is 0.497 e. The van der Waals surface area contributed by atoms with Gasteiger partial charge in [0.25, 0.3) is 5.91 Å². The minimum Gasteiger partial charge on any atom is -0.497 e. The maximum Gasteiger partial charge on any atom is 0.323 e. The van der Waals surface area contributed by atoms with Crippen LogP contribution in [0, 0.1) is 13.8 Å². The maximum atomic E-state index is 13.7. The van der Waals surface area contributed by atoms with E-state index >= 15 is 0 Å². The summed E-state index contributed by atoms with van der Waals surface area (Å²) >= 11 is 1.72. The molecule has 0 radical (unpaired) electrons. The molecule has 0 aliphatic carbocycles. The van der Waals surface area contributed by atoms with E-state index in [1.807, 2.05) is 87.5 Å². The van der Waals surface area contributed by atoms with Gasteiger partial charge in [-0.3, -0.25) is 4.79 Å². The Kier molecular flexibility index (Phi) is 8.11. The van der Waals surface area contributed by atoms with Crippen LogP contribution in [0.5, 0.6) is 5.75 Å². The molecule has 0 aromatic heterocycles. The smallest absolute Gasteiger partial charge is 0.323 e. The highest BCUT2D eigenvalue weighted by molar-refractivity contribution is 8.13. The van der Waals surface area contributed by atoms with Crippen molar-refractivity contribution < 1.29 is 14.3 Å². The van der Waals surface area contributed by atoms with E-state index in [1.54, 1.807) is 18.9 Å². The van der Waals surface area contributed by atoms with Crippen LogP contribution < -0.4 is 20.7 Å². The van der Waals surface area contributed by atoms with E-state index in [1.165, 1.54) is 5.56 Å². The van der Waals surface area contributed by atoms with Crippen molar-refractivity contribution in [2.45, 2.75) is 33.2 Å². The zero-order valence-corrected chi connectivity index (χ0v) is 23.9. The molecule has 3 aromatic carbocycles. The van der Waals surface area contributed by atoms with Gasteiger partial charge in [-0.2, -0.15) is 0 Å². The van der Waals surface area contributed by atoms with Gasteiger partial charge in [-0.05, 0) is 92.4 Å². The SMILES string of the molecule is COc1ccc(NC(=O)C2=C(C)N=C3SCCCN3C2c2ccc(NC(=O)Nc3ccc(C)c(C)c3)cc2)cc1. The van der Waals surface area contributed by atoms with Gasteiger partial charge in [0.2, 0.25) is 0 Å². The molecule has 1 atom stereocenters. The molecule has 8 nitrogen and oxygen atoms in total. The van der Waals surface area contributed by atoms with Crippen LogP contribution in [0.1, 0.15) is 36.1 Å². The molecule has 9 heteroatoms. The Hall–Kier alpha value is -4.24. The molecule has 5 rings (SSSR count). The standard InChI is InChI=1S/C31H33N5O3S/c1-19-6-9-25(18-20(19)2)35-30(38)34-24-10-7-22(8-11-24)28-27(21(3)32-31-36(28)16-5-17-40-31)29(37)33-23-12-14-26(39-4)15-13-23/h6-15,18,28H,5,16-17H2,1-4H3,(H,33,37)(H2,34,35,38). The summed E-state index contributed by atoms with van der Waals surface area (Å²) in [7, 11) is 1.61. The van der Waals surface area contributed by atoms with Crippen LogP contribution in [0.3, 0.4) is 0 Å². The van der Waals surface area contributed by atoms with Crippen LogP contribution in [-0.4, -0.2) is 41.4 Å². The van der Waals surface area contributed by atoms with Gasteiger partial charge >= 0.3 is 6.03 Å². The number of urea groups is 1. The fourth-order valence-electron chi connectivity index (χ4n) is 4.84. The van der Waals surface area contributed by atoms with Crippen molar-refractivity contribution in [1.29, 1.82) is 0 Å². The molecular weight excluding hydrogens is 522 g/mol. The molecule has 1 fully saturated rings. The number of amides is 3. The third kappa shape index (κ3) is 5.99. The number of benzene rings is 3. The normalized spacial score (nSPS) is 16.6. The van der Waals surface area contributed by atoms with Gasteiger partial charge in [0.15, 0.2) is 5.17 Å². The maximum absolute atomic E-state index is 13.7. The fraction of sp³-hybridized carbons (Fsp3) is 0.258. The van der Waals surface area contributed by atoms with Gasteiger partial charge in [0, 0.05) is 29.4 Å². The molecule has 2 aliphatic heterocycles. The number of nitrogens with zero attached hydrogens (tertiary/aromatic N) is 2. The Labute approximate surface area is 238 Å². The van der Waals surface area contributed by atoms with Crippen molar-refractivity contribution in [1.82, 2.24) is 4.90 Å². The molecular formula is C31H33N5O3S. The van der Waals surface area contributed by atoms with Crippen LogP contribution in [-0.2, 0) is 4.79 Å². The predicted octanol–water partition coefficient (Wildman–Crippen LogP) is 6.72. The average Bonchev–Trinajstić information content (AvgIpc) is 2.95. The first-order chi connectivity index (χ1) is 19.3. The minimum atomic E-state index is -0.314. The molecule has 2 aliphatic rings. The van der Waals surface area contributed by atoms with Crippen LogP contribution in [0.25, 0.3) is 0 Å². The molecule has 0 spiro atoms. The van der Waals surface area contributed by atoms with E-state index in [9.17, 15) is 9.59 Å². The molecule has 0 bridgehead atoms. The summed E-state index contributed by atoms with van der Waals surface area (Å²) in [5, 5.41) is 9.76. The lowest BCUT2D eigenvalue weighted by Gasteiger charge is -2.41. The molecule has 1 saturated heterocycles. The topological polar surface area (TPSA) is 95.1 Å². The first-order valence-electron chi connectivity index (χ1n) is 13.2. The highest BCUT2D eigenvalue weighted by Crippen LogP contribution is 2.40. The number of thioether (sulfide) groups is 1. The summed E-state index contributed by atoms with van der Waals surface area (Å²) in [6, 6.07) is 20.1. The second-order valence-electron chi connectivity index (χ2n) is 9.87. The van der Waals surface area contributed by atoms with E-state index in [0.29, 0.717) is 22.6 Å². The highest BCUT2D eigenvalue weighted by atomic mass is 32.2. The van der Waals surface area contributed by atoms with Gasteiger partial charge in [-0.25, -0.2) is 9.79 Å². The molecule has 40 heavy (non-hydrogen) atoms. The molecule has 206 valence electrons. The monoisotopic (exact) mass is 555 g/mol. The number of hydrogen-bond donors (Lipinski definition) is 3. The van der Waals surface area contributed by atoms with Gasteiger partial charge in [-0.15, -0.1) is 0 Å². The molecule has 3 N–H and O–H groups in total. The number of anilines is 3. The van der Waals surface area contributed by atoms with E-state index in [0.717, 1.165) is 46.4 Å². The Morgan fingerprint density at radius 3 is 2.23 bits per heavy atom. The fourth-order valence-corrected chi connectivity index (χ4v) is 5.86. The van der Waals surface area contributed by atoms with Crippen molar-refractivity contribution in [3.8, 4) is 5.75 Å². The Balaban J connectivity index is 1.36. The zero-order valence-electron chi connectivity index (χ0n) is 23.1. The number of carbonyl (C=O) groups excluding carboxylic acids is 2. The predicted molar refractivity (Wildman–Crippen MR) is 163 cm³/mol. The summed E-state index contributed by atoms with van der Waals surface area (Å²) in [5.74, 6) is 1.53. The number of nitrogens with one attached hydrogen (secondary N) is 3. The van der Waals surface area contributed by atoms with Crippen molar-refractivity contribution in [3.05, 3.63) is 94.7 Å². The summed E-state index contributed by atoms with van der Waals surface area (Å²) in [6.45, 7) is 6.75. The highest BCUT2D eigenvalue weighted by Gasteiger charge is 2.37. The number of hydrogen-bond acceptors (Lipinski definition) is 6. The van der Waals surface area contributed by atoms with Gasteiger partial charge in [0.05, 0.1) is 24.4 Å². The number of amidine groups is 1. The van der Waals surface area contributed by atoms with Gasteiger partial charge in [-0.1, -0.05) is 30.0 Å². The number of methoxy groups -OCH3 is 1. The second-order valence-corrected chi connectivity index (χ2v) is 10.9. The number of allylic oxidation sites excluding steroid dienone is 1. The number of ether oxygens (including phenoxy) is 1. The van der Waals surface area contributed by atoms with E-state index in [-0.39, 0.29) is 18.0 Å². The molecule has 1 unspecified atom stereocenters. The second kappa shape index (κ2) is 11.9. The summed E-state index contributed by atoms with van der Waals surface area (Å²) in [4.78, 5) is 33.3. The number of carbonyl (C=O) groups is 2. The van der Waals surface area contributed by atoms with Crippen LogP contribution in [0.2, 0.25) is 0 Å². The van der Waals surface area contributed by atoms with Crippen molar-refractivity contribution in [2.75, 3.05) is 35.4 Å². The summed E-state index contributed by atoms with van der Waals surface area (Å²) in [6.07, 6.45) is 1.00. The lowest BCUT2D eigenvalue weighted by atomic mass is 9.93. The van der Waals surface area contributed by atoms with Gasteiger partial charge in [0.1, 0.15) is 5.75 Å². The molecule has 3 aromatic rings. The Morgan fingerprint density at radius 1 is 0.875 bits per heavy atom. The molecule has 2 heterocycles. The van der Waals surface area contributed by atoms with E-state index in [4.69, 9.17) is 9.73 Å². The van der Waals surface area contributed by atoms with Crippen LogP contribution in [0.15, 0.2) is 83.0 Å². The summed E-state index contributed by atoms with van der Waals surface area (Å²) < 4.78 is 5.23. The van der Waals surface area contributed by atoms with E-state index in [2.05, 4.69) is 20.9 Å². The lowest BCUT2D eigenvalue weighted by molar-refractivity contribution is -0.113.